The number of esters is 1. The van der Waals surface area contributed by atoms with E-state index in [9.17, 15) is 4.79 Å². The summed E-state index contributed by atoms with van der Waals surface area (Å²) in [6.07, 6.45) is -0.693. The number of carbonyl (C=O) groups is 1. The van der Waals surface area contributed by atoms with E-state index in [1.807, 2.05) is 31.2 Å². The number of halogens is 2. The van der Waals surface area contributed by atoms with Gasteiger partial charge in [0.2, 0.25) is 5.89 Å². The summed E-state index contributed by atoms with van der Waals surface area (Å²) < 4.78 is 17.0. The molecule has 3 aromatic rings. The molecule has 0 aliphatic rings. The highest BCUT2D eigenvalue weighted by Crippen LogP contribution is 2.28. The minimum Gasteiger partial charge on any atom is -0.481 e. The zero-order valence-corrected chi connectivity index (χ0v) is 17.0. The Morgan fingerprint density at radius 3 is 2.67 bits per heavy atom. The minimum absolute atomic E-state index is 0.214. The molecule has 0 saturated carbocycles. The van der Waals surface area contributed by atoms with Crippen molar-refractivity contribution in [3.8, 4) is 17.2 Å². The van der Waals surface area contributed by atoms with E-state index >= 15 is 0 Å². The lowest BCUT2D eigenvalue weighted by molar-refractivity contribution is -0.152. The van der Waals surface area contributed by atoms with E-state index in [1.54, 1.807) is 25.1 Å². The average molecular weight is 452 g/mol. The van der Waals surface area contributed by atoms with Gasteiger partial charge in [0.1, 0.15) is 5.75 Å². The molecule has 0 N–H and O–H groups in total. The molecule has 8 heteroatoms. The van der Waals surface area contributed by atoms with Gasteiger partial charge < -0.3 is 13.9 Å². The van der Waals surface area contributed by atoms with Gasteiger partial charge in [0.05, 0.1) is 4.47 Å². The first-order chi connectivity index (χ1) is 12.9. The molecular weight excluding hydrogens is 436 g/mol. The van der Waals surface area contributed by atoms with Gasteiger partial charge in [-0.1, -0.05) is 29.3 Å². The van der Waals surface area contributed by atoms with E-state index in [4.69, 9.17) is 25.5 Å². The Labute approximate surface area is 169 Å². The molecule has 0 aliphatic heterocycles. The zero-order chi connectivity index (χ0) is 19.4. The summed E-state index contributed by atoms with van der Waals surface area (Å²) in [4.78, 5) is 12.0. The number of benzene rings is 2. The second-order valence-corrected chi connectivity index (χ2v) is 7.10. The summed E-state index contributed by atoms with van der Waals surface area (Å²) in [5, 5.41) is 8.51. The fourth-order valence-electron chi connectivity index (χ4n) is 2.22. The van der Waals surface area contributed by atoms with Crippen molar-refractivity contribution in [2.75, 3.05) is 6.61 Å². The number of nitrogens with zero attached hydrogens (tertiary/aromatic N) is 2. The highest BCUT2D eigenvalue weighted by atomic mass is 79.9. The number of aryl methyl sites for hydroxylation is 1. The van der Waals surface area contributed by atoms with Crippen LogP contribution in [0.5, 0.6) is 5.75 Å². The van der Waals surface area contributed by atoms with Crippen molar-refractivity contribution in [1.29, 1.82) is 0 Å². The molecule has 0 fully saturated rings. The molecule has 0 aliphatic carbocycles. The summed E-state index contributed by atoms with van der Waals surface area (Å²) >= 11 is 9.19. The summed E-state index contributed by atoms with van der Waals surface area (Å²) in [5.74, 6) is 0.517. The standard InChI is InChI=1S/C19H16BrClN2O4/c1-11-3-5-13(6-4-11)19-23-22-18(27-19)12(2)26-17(24)10-25-16-8-7-14(21)9-15(16)20/h3-9,12H,10H2,1-2H3. The van der Waals surface area contributed by atoms with Crippen LogP contribution in [-0.2, 0) is 9.53 Å². The molecule has 1 aromatic heterocycles. The van der Waals surface area contributed by atoms with Gasteiger partial charge in [-0.15, -0.1) is 10.2 Å². The van der Waals surface area contributed by atoms with Crippen LogP contribution in [0.1, 0.15) is 24.5 Å². The molecule has 0 radical (unpaired) electrons. The summed E-state index contributed by atoms with van der Waals surface area (Å²) in [6, 6.07) is 12.7. The molecule has 1 heterocycles. The van der Waals surface area contributed by atoms with Crippen molar-refractivity contribution < 1.29 is 18.7 Å². The van der Waals surface area contributed by atoms with E-state index < -0.39 is 12.1 Å². The second-order valence-electron chi connectivity index (χ2n) is 5.81. The highest BCUT2D eigenvalue weighted by Gasteiger charge is 2.19. The molecule has 3 rings (SSSR count). The predicted octanol–water partition coefficient (Wildman–Crippen LogP) is 5.14. The van der Waals surface area contributed by atoms with Crippen molar-refractivity contribution >= 4 is 33.5 Å². The number of hydrogen-bond acceptors (Lipinski definition) is 6. The maximum absolute atomic E-state index is 12.0. The molecule has 6 nitrogen and oxygen atoms in total. The Kier molecular flexibility index (Phi) is 6.13. The SMILES string of the molecule is Cc1ccc(-c2nnc(C(C)OC(=O)COc3ccc(Cl)cc3Br)o2)cc1. The van der Waals surface area contributed by atoms with Crippen LogP contribution in [0.25, 0.3) is 11.5 Å². The summed E-state index contributed by atoms with van der Waals surface area (Å²) in [7, 11) is 0. The molecule has 1 unspecified atom stereocenters. The normalized spacial score (nSPS) is 11.9. The maximum Gasteiger partial charge on any atom is 0.344 e. The first-order valence-electron chi connectivity index (χ1n) is 8.10. The van der Waals surface area contributed by atoms with Gasteiger partial charge in [0.25, 0.3) is 5.89 Å². The quantitative estimate of drug-likeness (QED) is 0.483. The third-order valence-electron chi connectivity index (χ3n) is 3.63. The highest BCUT2D eigenvalue weighted by molar-refractivity contribution is 9.10. The monoisotopic (exact) mass is 450 g/mol. The first kappa shape index (κ1) is 19.4. The molecule has 27 heavy (non-hydrogen) atoms. The first-order valence-corrected chi connectivity index (χ1v) is 9.27. The topological polar surface area (TPSA) is 74.5 Å². The Balaban J connectivity index is 1.57. The van der Waals surface area contributed by atoms with Crippen LogP contribution in [0.15, 0.2) is 51.4 Å². The molecule has 140 valence electrons. The van der Waals surface area contributed by atoms with Gasteiger partial charge in [-0.05, 0) is 60.1 Å². The number of carbonyl (C=O) groups excluding carboxylic acids is 1. The Hall–Kier alpha value is -2.38. The number of rotatable bonds is 6. The van der Waals surface area contributed by atoms with Crippen molar-refractivity contribution in [1.82, 2.24) is 10.2 Å². The van der Waals surface area contributed by atoms with Gasteiger partial charge in [0, 0.05) is 10.6 Å². The molecule has 0 saturated heterocycles. The number of ether oxygens (including phenoxy) is 2. The van der Waals surface area contributed by atoms with Crippen LogP contribution < -0.4 is 4.74 Å². The zero-order valence-electron chi connectivity index (χ0n) is 14.6. The Morgan fingerprint density at radius 1 is 1.22 bits per heavy atom. The fourth-order valence-corrected chi connectivity index (χ4v) is 3.02. The van der Waals surface area contributed by atoms with Crippen molar-refractivity contribution in [2.45, 2.75) is 20.0 Å². The largest absolute Gasteiger partial charge is 0.481 e. The number of aromatic nitrogens is 2. The van der Waals surface area contributed by atoms with E-state index in [1.165, 1.54) is 0 Å². The van der Waals surface area contributed by atoms with Crippen LogP contribution in [0.4, 0.5) is 0 Å². The lowest BCUT2D eigenvalue weighted by Crippen LogP contribution is -2.17. The van der Waals surface area contributed by atoms with Crippen LogP contribution in [-0.4, -0.2) is 22.8 Å². The molecular formula is C19H16BrClN2O4. The van der Waals surface area contributed by atoms with Gasteiger partial charge in [-0.2, -0.15) is 0 Å². The molecule has 0 spiro atoms. The van der Waals surface area contributed by atoms with E-state index in [0.717, 1.165) is 11.1 Å². The lowest BCUT2D eigenvalue weighted by atomic mass is 10.1. The minimum atomic E-state index is -0.693. The van der Waals surface area contributed by atoms with E-state index in [0.29, 0.717) is 21.1 Å². The van der Waals surface area contributed by atoms with Crippen molar-refractivity contribution in [3.63, 3.8) is 0 Å². The Morgan fingerprint density at radius 2 is 1.96 bits per heavy atom. The van der Waals surface area contributed by atoms with Gasteiger partial charge >= 0.3 is 5.97 Å². The smallest absolute Gasteiger partial charge is 0.344 e. The van der Waals surface area contributed by atoms with E-state index in [-0.39, 0.29) is 12.5 Å². The fraction of sp³-hybridized carbons (Fsp3) is 0.211. The van der Waals surface area contributed by atoms with Gasteiger partial charge in [-0.25, -0.2) is 4.79 Å². The Bertz CT molecular complexity index is 943. The third kappa shape index (κ3) is 5.08. The predicted molar refractivity (Wildman–Crippen MR) is 104 cm³/mol. The lowest BCUT2D eigenvalue weighted by Gasteiger charge is -2.11. The number of hydrogen-bond donors (Lipinski definition) is 0. The third-order valence-corrected chi connectivity index (χ3v) is 4.49. The summed E-state index contributed by atoms with van der Waals surface area (Å²) in [5.41, 5.74) is 1.93. The second kappa shape index (κ2) is 8.54. The molecule has 1 atom stereocenters. The van der Waals surface area contributed by atoms with Crippen molar-refractivity contribution in [3.05, 3.63) is 63.4 Å². The van der Waals surface area contributed by atoms with Crippen LogP contribution >= 0.6 is 27.5 Å². The van der Waals surface area contributed by atoms with Crippen molar-refractivity contribution in [2.24, 2.45) is 0 Å². The average Bonchev–Trinajstić information content (AvgIpc) is 3.12. The summed E-state index contributed by atoms with van der Waals surface area (Å²) in [6.45, 7) is 3.39. The molecule has 0 bridgehead atoms. The van der Waals surface area contributed by atoms with Crippen LogP contribution in [0.2, 0.25) is 5.02 Å². The molecule has 0 amide bonds. The van der Waals surface area contributed by atoms with Crippen LogP contribution in [0.3, 0.4) is 0 Å². The van der Waals surface area contributed by atoms with Crippen LogP contribution in [0, 0.1) is 6.92 Å². The maximum atomic E-state index is 12.0. The van der Waals surface area contributed by atoms with E-state index in [2.05, 4.69) is 26.1 Å². The molecule has 2 aromatic carbocycles. The van der Waals surface area contributed by atoms with Gasteiger partial charge in [0.15, 0.2) is 12.7 Å². The van der Waals surface area contributed by atoms with Gasteiger partial charge in [-0.3, -0.25) is 0 Å².